The van der Waals surface area contributed by atoms with E-state index in [1.807, 2.05) is 0 Å². The fraction of sp³-hybridized carbons (Fsp3) is 0.800. The first-order valence-corrected chi connectivity index (χ1v) is 7.62. The quantitative estimate of drug-likeness (QED) is 0.617. The minimum atomic E-state index is -0.481. The third-order valence-electron chi connectivity index (χ3n) is 3.38. The topological polar surface area (TPSA) is 67.5 Å². The molecule has 0 saturated heterocycles. The van der Waals surface area contributed by atoms with E-state index in [-0.39, 0.29) is 0 Å². The molecular weight excluding hydrogens is 256 g/mol. The molecule has 0 spiro atoms. The Kier molecular flexibility index (Phi) is 9.28. The number of nitrogens with one attached hydrogen (secondary N) is 1. The lowest BCUT2D eigenvalue weighted by Crippen LogP contribution is -2.30. The van der Waals surface area contributed by atoms with Gasteiger partial charge in [0.1, 0.15) is 6.26 Å². The maximum atomic E-state index is 9.81. The Bertz CT molecular complexity index is 317. The molecule has 116 valence electrons. The number of aliphatic hydroxyl groups is 1. The minimum absolute atomic E-state index is 0.383. The van der Waals surface area contributed by atoms with E-state index in [4.69, 9.17) is 9.26 Å². The SMILES string of the molecule is CCCCC(CC)COCC(O)CNCc1ccon1. The molecule has 5 heteroatoms. The molecule has 5 nitrogen and oxygen atoms in total. The monoisotopic (exact) mass is 284 g/mol. The van der Waals surface area contributed by atoms with Crippen LogP contribution in [0.25, 0.3) is 0 Å². The van der Waals surface area contributed by atoms with Crippen LogP contribution in [0.15, 0.2) is 16.9 Å². The van der Waals surface area contributed by atoms with Crippen molar-refractivity contribution in [3.63, 3.8) is 0 Å². The zero-order chi connectivity index (χ0) is 14.6. The molecule has 1 heterocycles. The average molecular weight is 284 g/mol. The van der Waals surface area contributed by atoms with Gasteiger partial charge in [0.2, 0.25) is 0 Å². The van der Waals surface area contributed by atoms with E-state index in [0.29, 0.717) is 25.6 Å². The van der Waals surface area contributed by atoms with Crippen LogP contribution in [0.4, 0.5) is 0 Å². The summed E-state index contributed by atoms with van der Waals surface area (Å²) in [4.78, 5) is 0. The molecule has 1 aromatic heterocycles. The minimum Gasteiger partial charge on any atom is -0.389 e. The van der Waals surface area contributed by atoms with E-state index in [0.717, 1.165) is 18.7 Å². The van der Waals surface area contributed by atoms with Crippen molar-refractivity contribution in [2.75, 3.05) is 19.8 Å². The average Bonchev–Trinajstić information content (AvgIpc) is 2.96. The van der Waals surface area contributed by atoms with Gasteiger partial charge in [-0.2, -0.15) is 0 Å². The number of ether oxygens (including phenoxy) is 1. The molecule has 0 bridgehead atoms. The lowest BCUT2D eigenvalue weighted by atomic mass is 10.0. The van der Waals surface area contributed by atoms with Crippen LogP contribution < -0.4 is 5.32 Å². The summed E-state index contributed by atoms with van der Waals surface area (Å²) in [6, 6.07) is 1.80. The molecule has 0 aromatic carbocycles. The van der Waals surface area contributed by atoms with Gasteiger partial charge in [0.05, 0.1) is 18.4 Å². The Hall–Kier alpha value is -0.910. The smallest absolute Gasteiger partial charge is 0.124 e. The van der Waals surface area contributed by atoms with Gasteiger partial charge in [-0.15, -0.1) is 0 Å². The van der Waals surface area contributed by atoms with Crippen LogP contribution in [-0.2, 0) is 11.3 Å². The van der Waals surface area contributed by atoms with Gasteiger partial charge in [0.25, 0.3) is 0 Å². The van der Waals surface area contributed by atoms with Crippen molar-refractivity contribution in [3.05, 3.63) is 18.0 Å². The predicted octanol–water partition coefficient (Wildman–Crippen LogP) is 2.36. The fourth-order valence-electron chi connectivity index (χ4n) is 2.02. The van der Waals surface area contributed by atoms with Crippen LogP contribution in [0.5, 0.6) is 0 Å². The predicted molar refractivity (Wildman–Crippen MR) is 78.3 cm³/mol. The Morgan fingerprint density at radius 1 is 1.40 bits per heavy atom. The highest BCUT2D eigenvalue weighted by Crippen LogP contribution is 2.12. The van der Waals surface area contributed by atoms with Crippen molar-refractivity contribution in [2.24, 2.45) is 5.92 Å². The van der Waals surface area contributed by atoms with Crippen LogP contribution in [0.2, 0.25) is 0 Å². The van der Waals surface area contributed by atoms with Crippen LogP contribution in [0.3, 0.4) is 0 Å². The van der Waals surface area contributed by atoms with Crippen molar-refractivity contribution in [1.29, 1.82) is 0 Å². The summed E-state index contributed by atoms with van der Waals surface area (Å²) in [5.41, 5.74) is 0.837. The Balaban J connectivity index is 2.02. The van der Waals surface area contributed by atoms with Gasteiger partial charge in [-0.1, -0.05) is 38.3 Å². The van der Waals surface area contributed by atoms with E-state index in [2.05, 4.69) is 24.3 Å². The van der Waals surface area contributed by atoms with E-state index in [1.54, 1.807) is 6.07 Å². The zero-order valence-electron chi connectivity index (χ0n) is 12.7. The van der Waals surface area contributed by atoms with E-state index in [1.165, 1.54) is 25.5 Å². The molecule has 2 N–H and O–H groups in total. The van der Waals surface area contributed by atoms with Crippen molar-refractivity contribution >= 4 is 0 Å². The molecule has 0 aliphatic rings. The first-order valence-electron chi connectivity index (χ1n) is 7.62. The number of unbranched alkanes of at least 4 members (excludes halogenated alkanes) is 1. The summed E-state index contributed by atoms with van der Waals surface area (Å²) in [7, 11) is 0. The summed E-state index contributed by atoms with van der Waals surface area (Å²) >= 11 is 0. The lowest BCUT2D eigenvalue weighted by Gasteiger charge is -2.17. The third-order valence-corrected chi connectivity index (χ3v) is 3.38. The second kappa shape index (κ2) is 10.8. The van der Waals surface area contributed by atoms with Gasteiger partial charge in [0, 0.05) is 25.8 Å². The Morgan fingerprint density at radius 3 is 2.90 bits per heavy atom. The Labute approximate surface area is 121 Å². The molecule has 0 aliphatic carbocycles. The highest BCUT2D eigenvalue weighted by molar-refractivity contribution is 4.94. The normalized spacial score (nSPS) is 14.3. The molecule has 20 heavy (non-hydrogen) atoms. The number of rotatable bonds is 12. The number of aromatic nitrogens is 1. The zero-order valence-corrected chi connectivity index (χ0v) is 12.7. The molecule has 0 fully saturated rings. The van der Waals surface area contributed by atoms with E-state index < -0.39 is 6.10 Å². The number of aliphatic hydroxyl groups excluding tert-OH is 1. The summed E-state index contributed by atoms with van der Waals surface area (Å²) < 4.78 is 10.3. The highest BCUT2D eigenvalue weighted by atomic mass is 16.5. The number of hydrogen-bond donors (Lipinski definition) is 2. The summed E-state index contributed by atoms with van der Waals surface area (Å²) in [6.07, 6.45) is 5.89. The second-order valence-electron chi connectivity index (χ2n) is 5.23. The van der Waals surface area contributed by atoms with Gasteiger partial charge < -0.3 is 19.7 Å². The third kappa shape index (κ3) is 7.62. The van der Waals surface area contributed by atoms with Crippen LogP contribution in [0.1, 0.15) is 45.2 Å². The molecule has 0 aliphatic heterocycles. The van der Waals surface area contributed by atoms with Gasteiger partial charge in [-0.3, -0.25) is 0 Å². The standard InChI is InChI=1S/C15H28N2O3/c1-3-5-6-13(4-2)11-19-12-15(18)10-16-9-14-7-8-20-17-14/h7-8,13,15-16,18H,3-6,9-12H2,1-2H3. The maximum absolute atomic E-state index is 9.81. The van der Waals surface area contributed by atoms with Gasteiger partial charge in [-0.05, 0) is 12.3 Å². The molecule has 0 radical (unpaired) electrons. The summed E-state index contributed by atoms with van der Waals surface area (Å²) in [5, 5.41) is 16.7. The van der Waals surface area contributed by atoms with Crippen LogP contribution in [-0.4, -0.2) is 36.1 Å². The van der Waals surface area contributed by atoms with Crippen molar-refractivity contribution in [2.45, 2.75) is 52.2 Å². The van der Waals surface area contributed by atoms with Gasteiger partial charge in [-0.25, -0.2) is 0 Å². The molecule has 0 saturated carbocycles. The number of hydrogen-bond acceptors (Lipinski definition) is 5. The highest BCUT2D eigenvalue weighted by Gasteiger charge is 2.09. The molecule has 0 amide bonds. The Morgan fingerprint density at radius 2 is 2.25 bits per heavy atom. The second-order valence-corrected chi connectivity index (χ2v) is 5.23. The first-order chi connectivity index (χ1) is 9.76. The largest absolute Gasteiger partial charge is 0.389 e. The van der Waals surface area contributed by atoms with Gasteiger partial charge in [0.15, 0.2) is 0 Å². The molecule has 2 unspecified atom stereocenters. The molecule has 1 aromatic rings. The van der Waals surface area contributed by atoms with Crippen LogP contribution in [0, 0.1) is 5.92 Å². The van der Waals surface area contributed by atoms with E-state index in [9.17, 15) is 5.11 Å². The van der Waals surface area contributed by atoms with Crippen molar-refractivity contribution in [3.8, 4) is 0 Å². The van der Waals surface area contributed by atoms with Crippen molar-refractivity contribution < 1.29 is 14.4 Å². The summed E-state index contributed by atoms with van der Waals surface area (Å²) in [6.45, 7) is 6.63. The maximum Gasteiger partial charge on any atom is 0.124 e. The summed E-state index contributed by atoms with van der Waals surface area (Å²) in [5.74, 6) is 0.616. The first kappa shape index (κ1) is 17.1. The van der Waals surface area contributed by atoms with Crippen molar-refractivity contribution in [1.82, 2.24) is 10.5 Å². The number of nitrogens with zero attached hydrogens (tertiary/aromatic N) is 1. The molecule has 1 rings (SSSR count). The van der Waals surface area contributed by atoms with Crippen LogP contribution >= 0.6 is 0 Å². The van der Waals surface area contributed by atoms with Gasteiger partial charge >= 0.3 is 0 Å². The molecular formula is C15H28N2O3. The van der Waals surface area contributed by atoms with E-state index >= 15 is 0 Å². The molecule has 2 atom stereocenters. The lowest BCUT2D eigenvalue weighted by molar-refractivity contribution is 0.0192. The fourth-order valence-corrected chi connectivity index (χ4v) is 2.02.